The van der Waals surface area contributed by atoms with Crippen molar-refractivity contribution < 1.29 is 0 Å². The first-order chi connectivity index (χ1) is 13.2. The third-order valence-corrected chi connectivity index (χ3v) is 4.72. The predicted molar refractivity (Wildman–Crippen MR) is 110 cm³/mol. The molecule has 1 aromatic heterocycles. The van der Waals surface area contributed by atoms with Crippen LogP contribution >= 0.6 is 11.6 Å². The normalized spacial score (nSPS) is 10.7. The van der Waals surface area contributed by atoms with Crippen LogP contribution in [0.1, 0.15) is 5.56 Å². The Labute approximate surface area is 162 Å². The van der Waals surface area contributed by atoms with E-state index in [2.05, 4.69) is 0 Å². The quantitative estimate of drug-likeness (QED) is 0.488. The van der Waals surface area contributed by atoms with E-state index in [1.165, 1.54) is 0 Å². The largest absolute Gasteiger partial charge is 0.287 e. The fourth-order valence-electron chi connectivity index (χ4n) is 3.04. The molecule has 4 heteroatoms. The maximum atomic E-state index is 13.2. The van der Waals surface area contributed by atoms with Crippen LogP contribution in [-0.2, 0) is 6.54 Å². The first-order valence-corrected chi connectivity index (χ1v) is 9.07. The Balaban J connectivity index is 1.95. The highest BCUT2D eigenvalue weighted by molar-refractivity contribution is 6.32. The molecule has 0 aliphatic heterocycles. The van der Waals surface area contributed by atoms with E-state index in [1.54, 1.807) is 4.57 Å². The molecule has 3 aromatic carbocycles. The molecule has 4 rings (SSSR count). The lowest BCUT2D eigenvalue weighted by Crippen LogP contribution is -2.25. The van der Waals surface area contributed by atoms with Crippen LogP contribution in [0.15, 0.2) is 95.8 Å². The van der Waals surface area contributed by atoms with Crippen molar-refractivity contribution in [3.05, 3.63) is 112 Å². The van der Waals surface area contributed by atoms with Crippen molar-refractivity contribution in [1.82, 2.24) is 9.55 Å². The first kappa shape index (κ1) is 17.3. The van der Waals surface area contributed by atoms with Crippen LogP contribution in [0.4, 0.5) is 0 Å². The average Bonchev–Trinajstić information content (AvgIpc) is 2.74. The van der Waals surface area contributed by atoms with E-state index in [0.717, 1.165) is 16.7 Å². The van der Waals surface area contributed by atoms with Gasteiger partial charge in [0.25, 0.3) is 5.56 Å². The number of aromatic nitrogens is 2. The van der Waals surface area contributed by atoms with Gasteiger partial charge in [-0.25, -0.2) is 4.98 Å². The zero-order chi connectivity index (χ0) is 18.6. The molecule has 0 atom stereocenters. The topological polar surface area (TPSA) is 34.9 Å². The molecule has 0 unspecified atom stereocenters. The minimum Gasteiger partial charge on any atom is -0.287 e. The third kappa shape index (κ3) is 3.55. The van der Waals surface area contributed by atoms with E-state index in [9.17, 15) is 4.79 Å². The van der Waals surface area contributed by atoms with Gasteiger partial charge in [-0.3, -0.25) is 9.36 Å². The molecule has 0 fully saturated rings. The van der Waals surface area contributed by atoms with E-state index < -0.39 is 0 Å². The molecular formula is C23H17ClN2O. The monoisotopic (exact) mass is 372 g/mol. The van der Waals surface area contributed by atoms with Crippen molar-refractivity contribution in [2.24, 2.45) is 0 Å². The summed E-state index contributed by atoms with van der Waals surface area (Å²) in [5.74, 6) is 0.604. The van der Waals surface area contributed by atoms with Crippen molar-refractivity contribution in [1.29, 1.82) is 0 Å². The van der Waals surface area contributed by atoms with Gasteiger partial charge in [-0.15, -0.1) is 0 Å². The van der Waals surface area contributed by atoms with Gasteiger partial charge in [0.2, 0.25) is 0 Å². The summed E-state index contributed by atoms with van der Waals surface area (Å²) in [4.78, 5) is 18.0. The Bertz CT molecular complexity index is 1110. The second kappa shape index (κ2) is 7.60. The van der Waals surface area contributed by atoms with Crippen LogP contribution < -0.4 is 5.56 Å². The molecule has 132 valence electrons. The molecular weight excluding hydrogens is 356 g/mol. The van der Waals surface area contributed by atoms with Gasteiger partial charge < -0.3 is 0 Å². The minimum atomic E-state index is -0.242. The van der Waals surface area contributed by atoms with Gasteiger partial charge in [0.15, 0.2) is 0 Å². The van der Waals surface area contributed by atoms with E-state index in [1.807, 2.05) is 91.0 Å². The van der Waals surface area contributed by atoms with Crippen LogP contribution in [0.2, 0.25) is 5.02 Å². The lowest BCUT2D eigenvalue weighted by molar-refractivity contribution is 0.749. The second-order valence-corrected chi connectivity index (χ2v) is 6.58. The highest BCUT2D eigenvalue weighted by Gasteiger charge is 2.17. The zero-order valence-corrected chi connectivity index (χ0v) is 15.3. The number of benzene rings is 3. The molecule has 0 aliphatic carbocycles. The molecule has 3 nitrogen and oxygen atoms in total. The molecule has 27 heavy (non-hydrogen) atoms. The Kier molecular flexibility index (Phi) is 4.86. The second-order valence-electron chi connectivity index (χ2n) is 6.21. The standard InChI is InChI=1S/C23H17ClN2O/c24-20-21(18-12-6-2-7-13-18)25-22(19-14-8-3-9-15-19)26(23(20)27)16-17-10-4-1-5-11-17/h1-15H,16H2. The number of nitrogens with zero attached hydrogens (tertiary/aromatic N) is 2. The Morgan fingerprint density at radius 2 is 1.26 bits per heavy atom. The Morgan fingerprint density at radius 1 is 0.741 bits per heavy atom. The van der Waals surface area contributed by atoms with E-state index >= 15 is 0 Å². The molecule has 4 aromatic rings. The first-order valence-electron chi connectivity index (χ1n) is 8.69. The van der Waals surface area contributed by atoms with Crippen molar-refractivity contribution in [2.45, 2.75) is 6.54 Å². The number of rotatable bonds is 4. The van der Waals surface area contributed by atoms with Gasteiger partial charge in [-0.2, -0.15) is 0 Å². The summed E-state index contributed by atoms with van der Waals surface area (Å²) in [5.41, 5.74) is 2.98. The van der Waals surface area contributed by atoms with Gasteiger partial charge in [-0.05, 0) is 5.56 Å². The van der Waals surface area contributed by atoms with Crippen LogP contribution in [-0.4, -0.2) is 9.55 Å². The summed E-state index contributed by atoms with van der Waals surface area (Å²) in [5, 5.41) is 0.136. The van der Waals surface area contributed by atoms with Crippen LogP contribution in [0.5, 0.6) is 0 Å². The zero-order valence-electron chi connectivity index (χ0n) is 14.5. The van der Waals surface area contributed by atoms with Gasteiger partial charge in [0.1, 0.15) is 10.8 Å². The number of hydrogen-bond acceptors (Lipinski definition) is 2. The Hall–Kier alpha value is -3.17. The maximum absolute atomic E-state index is 13.2. The molecule has 0 bridgehead atoms. The van der Waals surface area contributed by atoms with Crippen LogP contribution in [0, 0.1) is 0 Å². The molecule has 1 heterocycles. The molecule has 0 radical (unpaired) electrons. The third-order valence-electron chi connectivity index (χ3n) is 4.38. The minimum absolute atomic E-state index is 0.136. The molecule has 0 amide bonds. The van der Waals surface area contributed by atoms with E-state index in [-0.39, 0.29) is 10.6 Å². The lowest BCUT2D eigenvalue weighted by atomic mass is 10.1. The van der Waals surface area contributed by atoms with Crippen molar-refractivity contribution >= 4 is 11.6 Å². The fraction of sp³-hybridized carbons (Fsp3) is 0.0435. The van der Waals surface area contributed by atoms with Crippen molar-refractivity contribution in [3.63, 3.8) is 0 Å². The smallest absolute Gasteiger partial charge is 0.273 e. The van der Waals surface area contributed by atoms with Gasteiger partial charge in [0, 0.05) is 11.1 Å². The van der Waals surface area contributed by atoms with Crippen LogP contribution in [0.3, 0.4) is 0 Å². The van der Waals surface area contributed by atoms with E-state index in [0.29, 0.717) is 18.1 Å². The number of hydrogen-bond donors (Lipinski definition) is 0. The molecule has 0 aliphatic rings. The van der Waals surface area contributed by atoms with Crippen molar-refractivity contribution in [3.8, 4) is 22.6 Å². The van der Waals surface area contributed by atoms with Crippen LogP contribution in [0.25, 0.3) is 22.6 Å². The summed E-state index contributed by atoms with van der Waals surface area (Å²) < 4.78 is 1.64. The van der Waals surface area contributed by atoms with Gasteiger partial charge in [0.05, 0.1) is 12.2 Å². The molecule has 0 saturated heterocycles. The summed E-state index contributed by atoms with van der Waals surface area (Å²) in [7, 11) is 0. The summed E-state index contributed by atoms with van der Waals surface area (Å²) in [6, 6.07) is 29.1. The van der Waals surface area contributed by atoms with Crippen molar-refractivity contribution in [2.75, 3.05) is 0 Å². The number of halogens is 1. The molecule has 0 saturated carbocycles. The lowest BCUT2D eigenvalue weighted by Gasteiger charge is -2.15. The highest BCUT2D eigenvalue weighted by atomic mass is 35.5. The SMILES string of the molecule is O=c1c(Cl)c(-c2ccccc2)nc(-c2ccccc2)n1Cc1ccccc1. The highest BCUT2D eigenvalue weighted by Crippen LogP contribution is 2.27. The average molecular weight is 373 g/mol. The molecule has 0 N–H and O–H groups in total. The summed E-state index contributed by atoms with van der Waals surface area (Å²) in [6.45, 7) is 0.408. The molecule has 0 spiro atoms. The summed E-state index contributed by atoms with van der Waals surface area (Å²) in [6.07, 6.45) is 0. The van der Waals surface area contributed by atoms with E-state index in [4.69, 9.17) is 16.6 Å². The summed E-state index contributed by atoms with van der Waals surface area (Å²) >= 11 is 6.46. The maximum Gasteiger partial charge on any atom is 0.273 e. The Morgan fingerprint density at radius 3 is 1.85 bits per heavy atom. The van der Waals surface area contributed by atoms with Gasteiger partial charge in [-0.1, -0.05) is 103 Å². The predicted octanol–water partition coefficient (Wildman–Crippen LogP) is 5.28. The fourth-order valence-corrected chi connectivity index (χ4v) is 3.29. The van der Waals surface area contributed by atoms with Gasteiger partial charge >= 0.3 is 0 Å².